The van der Waals surface area contributed by atoms with Crippen LogP contribution in [-0.2, 0) is 4.74 Å². The second-order valence-electron chi connectivity index (χ2n) is 4.41. The summed E-state index contributed by atoms with van der Waals surface area (Å²) in [5, 5.41) is 1.93. The lowest BCUT2D eigenvalue weighted by Crippen LogP contribution is -2.48. The van der Waals surface area contributed by atoms with Gasteiger partial charge >= 0.3 is 0 Å². The lowest BCUT2D eigenvalue weighted by Gasteiger charge is -2.35. The van der Waals surface area contributed by atoms with Crippen LogP contribution >= 0.6 is 11.3 Å². The summed E-state index contributed by atoms with van der Waals surface area (Å²) >= 11 is 1.62. The summed E-state index contributed by atoms with van der Waals surface area (Å²) in [5.74, 6) is 0.131. The molecule has 1 fully saturated rings. The summed E-state index contributed by atoms with van der Waals surface area (Å²) in [6.07, 6.45) is 0.264. The van der Waals surface area contributed by atoms with Gasteiger partial charge in [-0.15, -0.1) is 11.3 Å². The largest absolute Gasteiger partial charge is 0.372 e. The van der Waals surface area contributed by atoms with Gasteiger partial charge in [-0.25, -0.2) is 0 Å². The van der Waals surface area contributed by atoms with Gasteiger partial charge in [0.1, 0.15) is 0 Å². The Morgan fingerprint density at radius 2 is 2.06 bits per heavy atom. The lowest BCUT2D eigenvalue weighted by molar-refractivity contribution is -0.0586. The van der Waals surface area contributed by atoms with Crippen LogP contribution in [0.3, 0.4) is 0 Å². The molecule has 2 atom stereocenters. The number of hydrogen-bond donors (Lipinski definition) is 0. The first-order valence-corrected chi connectivity index (χ1v) is 6.44. The Morgan fingerprint density at radius 1 is 1.44 bits per heavy atom. The molecular weight excluding hydrogens is 222 g/mol. The summed E-state index contributed by atoms with van der Waals surface area (Å²) < 4.78 is 5.62. The van der Waals surface area contributed by atoms with Gasteiger partial charge in [0.15, 0.2) is 0 Å². The van der Waals surface area contributed by atoms with Crippen LogP contribution in [0.15, 0.2) is 11.4 Å². The maximum absolute atomic E-state index is 12.2. The molecule has 16 heavy (non-hydrogen) atoms. The average Bonchev–Trinajstić information content (AvgIpc) is 2.62. The highest BCUT2D eigenvalue weighted by atomic mass is 32.1. The van der Waals surface area contributed by atoms with Crippen LogP contribution in [0.1, 0.15) is 29.1 Å². The maximum atomic E-state index is 12.2. The fourth-order valence-corrected chi connectivity index (χ4v) is 2.76. The molecule has 2 heterocycles. The van der Waals surface area contributed by atoms with Crippen LogP contribution in [0.4, 0.5) is 0 Å². The third kappa shape index (κ3) is 2.44. The van der Waals surface area contributed by atoms with Gasteiger partial charge < -0.3 is 9.64 Å². The van der Waals surface area contributed by atoms with E-state index >= 15 is 0 Å². The van der Waals surface area contributed by atoms with Crippen molar-refractivity contribution in [3.8, 4) is 0 Å². The Bertz CT molecular complexity index is 378. The van der Waals surface area contributed by atoms with Crippen LogP contribution < -0.4 is 0 Å². The zero-order valence-corrected chi connectivity index (χ0v) is 10.7. The molecule has 1 aliphatic rings. The highest BCUT2D eigenvalue weighted by molar-refractivity contribution is 7.10. The molecule has 0 radical (unpaired) electrons. The van der Waals surface area contributed by atoms with E-state index in [0.717, 1.165) is 5.56 Å². The number of ether oxygens (including phenoxy) is 1. The fraction of sp³-hybridized carbons (Fsp3) is 0.583. The van der Waals surface area contributed by atoms with E-state index in [1.165, 1.54) is 4.88 Å². The molecule has 0 aromatic carbocycles. The number of carbonyl (C=O) groups excluding carboxylic acids is 1. The summed E-state index contributed by atoms with van der Waals surface area (Å²) in [6, 6.07) is 1.96. The van der Waals surface area contributed by atoms with Crippen molar-refractivity contribution in [1.82, 2.24) is 4.90 Å². The van der Waals surface area contributed by atoms with Gasteiger partial charge in [0.05, 0.1) is 17.8 Å². The van der Waals surface area contributed by atoms with Gasteiger partial charge in [0.2, 0.25) is 0 Å². The van der Waals surface area contributed by atoms with E-state index in [1.807, 2.05) is 37.1 Å². The van der Waals surface area contributed by atoms with Crippen LogP contribution in [-0.4, -0.2) is 36.1 Å². The standard InChI is InChI=1S/C12H17NO2S/c1-8-5-13(6-9(2)15-8)12(14)11-4-10(3)16-7-11/h4,7-9H,5-6H2,1-3H3. The monoisotopic (exact) mass is 239 g/mol. The van der Waals surface area contributed by atoms with E-state index < -0.39 is 0 Å². The zero-order valence-electron chi connectivity index (χ0n) is 9.90. The van der Waals surface area contributed by atoms with Crippen molar-refractivity contribution >= 4 is 17.2 Å². The van der Waals surface area contributed by atoms with Crippen molar-refractivity contribution in [3.05, 3.63) is 21.9 Å². The van der Waals surface area contributed by atoms with Gasteiger partial charge in [-0.3, -0.25) is 4.79 Å². The Morgan fingerprint density at radius 3 is 2.56 bits per heavy atom. The molecule has 1 aliphatic heterocycles. The highest BCUT2D eigenvalue weighted by Gasteiger charge is 2.26. The number of amides is 1. The quantitative estimate of drug-likeness (QED) is 0.752. The Kier molecular flexibility index (Phi) is 3.30. The molecule has 1 amide bonds. The van der Waals surface area contributed by atoms with Gasteiger partial charge in [0, 0.05) is 23.3 Å². The van der Waals surface area contributed by atoms with Crippen LogP contribution in [0.25, 0.3) is 0 Å². The fourth-order valence-electron chi connectivity index (χ4n) is 2.08. The van der Waals surface area contributed by atoms with E-state index in [9.17, 15) is 4.79 Å². The number of nitrogens with zero attached hydrogens (tertiary/aromatic N) is 1. The molecule has 1 saturated heterocycles. The normalized spacial score (nSPS) is 25.8. The molecule has 2 rings (SSSR count). The van der Waals surface area contributed by atoms with Crippen molar-refractivity contribution in [1.29, 1.82) is 0 Å². The number of thiophene rings is 1. The van der Waals surface area contributed by atoms with E-state index in [0.29, 0.717) is 13.1 Å². The molecule has 4 heteroatoms. The Hall–Kier alpha value is -0.870. The van der Waals surface area contributed by atoms with E-state index in [-0.39, 0.29) is 18.1 Å². The molecular formula is C12H17NO2S. The van der Waals surface area contributed by atoms with Crippen LogP contribution in [0, 0.1) is 6.92 Å². The zero-order chi connectivity index (χ0) is 11.7. The summed E-state index contributed by atoms with van der Waals surface area (Å²) in [6.45, 7) is 7.42. The highest BCUT2D eigenvalue weighted by Crippen LogP contribution is 2.18. The number of aryl methyl sites for hydroxylation is 1. The first-order chi connectivity index (χ1) is 7.56. The van der Waals surface area contributed by atoms with Gasteiger partial charge in [-0.05, 0) is 26.8 Å². The van der Waals surface area contributed by atoms with E-state index in [4.69, 9.17) is 4.74 Å². The molecule has 2 unspecified atom stereocenters. The maximum Gasteiger partial charge on any atom is 0.254 e. The summed E-state index contributed by atoms with van der Waals surface area (Å²) in [7, 11) is 0. The second kappa shape index (κ2) is 4.55. The smallest absolute Gasteiger partial charge is 0.254 e. The minimum Gasteiger partial charge on any atom is -0.372 e. The second-order valence-corrected chi connectivity index (χ2v) is 5.53. The lowest BCUT2D eigenvalue weighted by atomic mass is 10.2. The van der Waals surface area contributed by atoms with Crippen LogP contribution in [0.5, 0.6) is 0 Å². The number of carbonyl (C=O) groups is 1. The van der Waals surface area contributed by atoms with Gasteiger partial charge in [0.25, 0.3) is 5.91 Å². The van der Waals surface area contributed by atoms with Crippen molar-refractivity contribution in [2.24, 2.45) is 0 Å². The SMILES string of the molecule is Cc1cc(C(=O)N2CC(C)OC(C)C2)cs1. The Balaban J connectivity index is 2.09. The summed E-state index contributed by atoms with van der Waals surface area (Å²) in [5.41, 5.74) is 0.809. The summed E-state index contributed by atoms with van der Waals surface area (Å²) in [4.78, 5) is 15.2. The van der Waals surface area contributed by atoms with Crippen molar-refractivity contribution in [2.45, 2.75) is 33.0 Å². The van der Waals surface area contributed by atoms with Crippen molar-refractivity contribution in [2.75, 3.05) is 13.1 Å². The first-order valence-electron chi connectivity index (χ1n) is 5.56. The van der Waals surface area contributed by atoms with Crippen molar-refractivity contribution in [3.63, 3.8) is 0 Å². The van der Waals surface area contributed by atoms with Gasteiger partial charge in [-0.1, -0.05) is 0 Å². The predicted octanol–water partition coefficient (Wildman–Crippen LogP) is 2.31. The van der Waals surface area contributed by atoms with E-state index in [1.54, 1.807) is 11.3 Å². The third-order valence-electron chi connectivity index (χ3n) is 2.68. The first kappa shape index (κ1) is 11.6. The minimum atomic E-state index is 0.131. The predicted molar refractivity (Wildman–Crippen MR) is 65.0 cm³/mol. The van der Waals surface area contributed by atoms with E-state index in [2.05, 4.69) is 0 Å². The number of rotatable bonds is 1. The van der Waals surface area contributed by atoms with Crippen LogP contribution in [0.2, 0.25) is 0 Å². The molecule has 1 aromatic rings. The number of morpholine rings is 1. The third-order valence-corrected chi connectivity index (χ3v) is 3.55. The molecule has 0 saturated carbocycles. The topological polar surface area (TPSA) is 29.5 Å². The molecule has 0 spiro atoms. The average molecular weight is 239 g/mol. The van der Waals surface area contributed by atoms with Gasteiger partial charge in [-0.2, -0.15) is 0 Å². The number of hydrogen-bond acceptors (Lipinski definition) is 3. The molecule has 0 N–H and O–H groups in total. The molecule has 0 aliphatic carbocycles. The molecule has 1 aromatic heterocycles. The molecule has 0 bridgehead atoms. The molecule has 88 valence electrons. The Labute approximate surface area is 100 Å². The van der Waals surface area contributed by atoms with Crippen molar-refractivity contribution < 1.29 is 9.53 Å². The molecule has 3 nitrogen and oxygen atoms in total. The minimum absolute atomic E-state index is 0.131.